The number of rotatable bonds is 7. The van der Waals surface area contributed by atoms with Gasteiger partial charge in [0.1, 0.15) is 23.2 Å². The number of carbonyl (C=O) groups is 1. The molecule has 0 aliphatic rings. The Morgan fingerprint density at radius 1 is 0.741 bits per heavy atom. The second kappa shape index (κ2) is 10.3. The van der Waals surface area contributed by atoms with Crippen molar-refractivity contribution < 1.29 is 21.9 Å². The lowest BCUT2D eigenvalue weighted by Gasteiger charge is -2.27. The molecule has 0 aliphatic carbocycles. The van der Waals surface area contributed by atoms with Crippen molar-refractivity contribution >= 4 is 29.1 Å². The molecule has 0 bridgehead atoms. The van der Waals surface area contributed by atoms with E-state index in [0.717, 1.165) is 6.16 Å². The highest BCUT2D eigenvalue weighted by Crippen LogP contribution is 2.55. The predicted octanol–water partition coefficient (Wildman–Crippen LogP) is 0.938. The summed E-state index contributed by atoms with van der Waals surface area (Å²) in [6.07, 6.45) is 1.18. The molecule has 0 saturated carbocycles. The summed E-state index contributed by atoms with van der Waals surface area (Å²) in [6, 6.07) is 31.8. The van der Waals surface area contributed by atoms with E-state index < -0.39 is 7.26 Å². The Bertz CT molecular complexity index is 726. The molecule has 0 N–H and O–H groups in total. The Balaban J connectivity index is 0.00000261. The zero-order valence-corrected chi connectivity index (χ0v) is 17.1. The van der Waals surface area contributed by atoms with E-state index in [2.05, 4.69) is 72.8 Å². The minimum Gasteiger partial charge on any atom is -1.00 e. The molecule has 4 heteroatoms. The molecule has 3 rings (SSSR count). The molecule has 0 aromatic heterocycles. The van der Waals surface area contributed by atoms with E-state index in [4.69, 9.17) is 4.74 Å². The largest absolute Gasteiger partial charge is 1.00 e. The van der Waals surface area contributed by atoms with E-state index in [-0.39, 0.29) is 18.4 Å². The first-order valence-electron chi connectivity index (χ1n) is 8.98. The van der Waals surface area contributed by atoms with Crippen LogP contribution in [-0.2, 0) is 9.53 Å². The van der Waals surface area contributed by atoms with Crippen LogP contribution < -0.4 is 28.3 Å². The van der Waals surface area contributed by atoms with E-state index in [0.29, 0.717) is 13.0 Å². The van der Waals surface area contributed by atoms with Gasteiger partial charge in [0.05, 0.1) is 19.2 Å². The molecule has 2 nitrogen and oxygen atoms in total. The molecule has 0 saturated heterocycles. The summed E-state index contributed by atoms with van der Waals surface area (Å²) in [7, 11) is -1.93. The first-order chi connectivity index (χ1) is 12.8. The van der Waals surface area contributed by atoms with Gasteiger partial charge in [0.15, 0.2) is 0 Å². The van der Waals surface area contributed by atoms with Crippen LogP contribution >= 0.6 is 7.26 Å². The van der Waals surface area contributed by atoms with Crippen molar-refractivity contribution in [2.45, 2.75) is 13.3 Å². The smallest absolute Gasteiger partial charge is 0.309 e. The molecular weight excluding hydrogens is 375 g/mol. The summed E-state index contributed by atoms with van der Waals surface area (Å²) < 4.78 is 5.22. The van der Waals surface area contributed by atoms with Crippen LogP contribution in [0.3, 0.4) is 0 Å². The van der Waals surface area contributed by atoms with Gasteiger partial charge in [-0.2, -0.15) is 0 Å². The lowest BCUT2D eigenvalue weighted by atomic mass is 10.3. The molecule has 0 radical (unpaired) electrons. The Morgan fingerprint density at radius 3 is 1.44 bits per heavy atom. The minimum atomic E-state index is -1.93. The molecule has 0 heterocycles. The van der Waals surface area contributed by atoms with Crippen LogP contribution in [-0.4, -0.2) is 18.7 Å². The van der Waals surface area contributed by atoms with Gasteiger partial charge < -0.3 is 17.1 Å². The molecule has 0 unspecified atom stereocenters. The lowest BCUT2D eigenvalue weighted by Crippen LogP contribution is -3.00. The van der Waals surface area contributed by atoms with Crippen molar-refractivity contribution in [1.82, 2.24) is 0 Å². The van der Waals surface area contributed by atoms with Gasteiger partial charge in [0.2, 0.25) is 0 Å². The van der Waals surface area contributed by atoms with Crippen LogP contribution in [0.25, 0.3) is 0 Å². The van der Waals surface area contributed by atoms with E-state index in [1.807, 2.05) is 25.1 Å². The normalized spacial score (nSPS) is 10.7. The van der Waals surface area contributed by atoms with Gasteiger partial charge in [-0.1, -0.05) is 54.6 Å². The molecule has 0 amide bonds. The van der Waals surface area contributed by atoms with Crippen LogP contribution in [0, 0.1) is 0 Å². The Kier molecular flexibility index (Phi) is 8.03. The summed E-state index contributed by atoms with van der Waals surface area (Å²) in [5.74, 6) is -0.125. The molecule has 3 aromatic carbocycles. The highest BCUT2D eigenvalue weighted by atomic mass is 35.5. The van der Waals surface area contributed by atoms with Crippen molar-refractivity contribution in [2.75, 3.05) is 12.8 Å². The number of hydrogen-bond acceptors (Lipinski definition) is 2. The van der Waals surface area contributed by atoms with Crippen LogP contribution in [0.1, 0.15) is 13.3 Å². The molecular formula is C23H24ClO2P. The highest BCUT2D eigenvalue weighted by molar-refractivity contribution is 7.95. The average molecular weight is 399 g/mol. The summed E-state index contributed by atoms with van der Waals surface area (Å²) >= 11 is 0. The Labute approximate surface area is 168 Å². The quantitative estimate of drug-likeness (QED) is 0.437. The number of esters is 1. The lowest BCUT2D eigenvalue weighted by molar-refractivity contribution is -0.142. The van der Waals surface area contributed by atoms with Crippen molar-refractivity contribution in [1.29, 1.82) is 0 Å². The first kappa shape index (κ1) is 21.2. The Morgan fingerprint density at radius 2 is 1.11 bits per heavy atom. The Hall–Kier alpha value is -2.15. The summed E-state index contributed by atoms with van der Waals surface area (Å²) in [4.78, 5) is 12.2. The number of carbonyl (C=O) groups excluding carboxylic acids is 1. The third-order valence-electron chi connectivity index (χ3n) is 4.55. The summed E-state index contributed by atoms with van der Waals surface area (Å²) in [5, 5.41) is 3.88. The molecule has 140 valence electrons. The van der Waals surface area contributed by atoms with E-state index in [1.165, 1.54) is 15.9 Å². The second-order valence-electron chi connectivity index (χ2n) is 6.10. The van der Waals surface area contributed by atoms with Gasteiger partial charge in [0.25, 0.3) is 0 Å². The van der Waals surface area contributed by atoms with Gasteiger partial charge >= 0.3 is 5.97 Å². The third-order valence-corrected chi connectivity index (χ3v) is 8.98. The molecule has 0 atom stereocenters. The summed E-state index contributed by atoms with van der Waals surface area (Å²) in [5.41, 5.74) is 0. The topological polar surface area (TPSA) is 26.3 Å². The molecule has 27 heavy (non-hydrogen) atoms. The predicted molar refractivity (Wildman–Crippen MR) is 111 cm³/mol. The second-order valence-corrected chi connectivity index (χ2v) is 9.71. The van der Waals surface area contributed by atoms with Gasteiger partial charge in [-0.25, -0.2) is 0 Å². The van der Waals surface area contributed by atoms with Crippen LogP contribution in [0.4, 0.5) is 0 Å². The van der Waals surface area contributed by atoms with Gasteiger partial charge in [-0.3, -0.25) is 4.79 Å². The van der Waals surface area contributed by atoms with Crippen molar-refractivity contribution in [3.63, 3.8) is 0 Å². The fraction of sp³-hybridized carbons (Fsp3) is 0.174. The van der Waals surface area contributed by atoms with E-state index in [1.54, 1.807) is 0 Å². The summed E-state index contributed by atoms with van der Waals surface area (Å²) in [6.45, 7) is 2.28. The van der Waals surface area contributed by atoms with Crippen molar-refractivity contribution in [3.05, 3.63) is 91.0 Å². The standard InChI is InChI=1S/C23H24O2P.ClH/c1-2-25-23(24)18-19-26(20-12-6-3-7-13-20,21-14-8-4-9-15-21)22-16-10-5-11-17-22;/h3-17H,2,18-19H2,1H3;1H/q+1;/p-1. The zero-order chi connectivity index (χ0) is 18.2. The molecule has 0 spiro atoms. The number of hydrogen-bond donors (Lipinski definition) is 0. The maximum absolute atomic E-state index is 12.2. The van der Waals surface area contributed by atoms with Crippen LogP contribution in [0.15, 0.2) is 91.0 Å². The third kappa shape index (κ3) is 4.77. The number of benzene rings is 3. The van der Waals surface area contributed by atoms with Gasteiger partial charge in [-0.05, 0) is 43.3 Å². The molecule has 0 fully saturated rings. The first-order valence-corrected chi connectivity index (χ1v) is 11.0. The van der Waals surface area contributed by atoms with E-state index >= 15 is 0 Å². The molecule has 0 aliphatic heterocycles. The van der Waals surface area contributed by atoms with Crippen molar-refractivity contribution in [2.24, 2.45) is 0 Å². The minimum absolute atomic E-state index is 0. The maximum atomic E-state index is 12.2. The average Bonchev–Trinajstić information content (AvgIpc) is 2.71. The van der Waals surface area contributed by atoms with Gasteiger partial charge in [-0.15, -0.1) is 0 Å². The highest BCUT2D eigenvalue weighted by Gasteiger charge is 2.45. The van der Waals surface area contributed by atoms with Crippen molar-refractivity contribution in [3.8, 4) is 0 Å². The number of ether oxygens (including phenoxy) is 1. The van der Waals surface area contributed by atoms with Crippen LogP contribution in [0.2, 0.25) is 0 Å². The maximum Gasteiger partial charge on any atom is 0.309 e. The van der Waals surface area contributed by atoms with Gasteiger partial charge in [0, 0.05) is 0 Å². The fourth-order valence-corrected chi connectivity index (χ4v) is 7.60. The monoisotopic (exact) mass is 398 g/mol. The zero-order valence-electron chi connectivity index (χ0n) is 15.4. The van der Waals surface area contributed by atoms with Crippen LogP contribution in [0.5, 0.6) is 0 Å². The number of halogens is 1. The van der Waals surface area contributed by atoms with E-state index in [9.17, 15) is 4.79 Å². The molecule has 3 aromatic rings. The fourth-order valence-electron chi connectivity index (χ4n) is 3.37. The SMILES string of the molecule is CCOC(=O)CC[P+](c1ccccc1)(c1ccccc1)c1ccccc1.[Cl-].